The Morgan fingerprint density at radius 3 is 2.46 bits per heavy atom. The Hall–Kier alpha value is -4.05. The number of ether oxygens (including phenoxy) is 1. The molecular formula is C25H22FN3O5S. The highest BCUT2D eigenvalue weighted by atomic mass is 32.1. The average Bonchev–Trinajstić information content (AvgIpc) is 3.25. The highest BCUT2D eigenvalue weighted by Gasteiger charge is 2.38. The van der Waals surface area contributed by atoms with Crippen molar-refractivity contribution in [1.29, 1.82) is 0 Å². The van der Waals surface area contributed by atoms with Crippen LogP contribution in [0.15, 0.2) is 35.9 Å². The van der Waals surface area contributed by atoms with E-state index >= 15 is 0 Å². The smallest absolute Gasteiger partial charge is 0.341 e. The van der Waals surface area contributed by atoms with Gasteiger partial charge < -0.3 is 9.30 Å². The van der Waals surface area contributed by atoms with Crippen LogP contribution in [-0.2, 0) is 14.3 Å². The predicted molar refractivity (Wildman–Crippen MR) is 129 cm³/mol. The molecule has 180 valence electrons. The van der Waals surface area contributed by atoms with E-state index in [1.165, 1.54) is 42.7 Å². The van der Waals surface area contributed by atoms with Gasteiger partial charge in [0.15, 0.2) is 0 Å². The first-order valence-corrected chi connectivity index (χ1v) is 11.4. The topological polar surface area (TPSA) is 97.7 Å². The highest BCUT2D eigenvalue weighted by molar-refractivity contribution is 7.15. The van der Waals surface area contributed by atoms with Crippen molar-refractivity contribution >= 4 is 46.9 Å². The molecule has 10 heteroatoms. The molecule has 0 atom stereocenters. The van der Waals surface area contributed by atoms with Crippen LogP contribution >= 0.6 is 11.3 Å². The maximum Gasteiger partial charge on any atom is 0.341 e. The quantitative estimate of drug-likeness (QED) is 0.329. The lowest BCUT2D eigenvalue weighted by Crippen LogP contribution is -2.54. The van der Waals surface area contributed by atoms with E-state index in [0.717, 1.165) is 22.2 Å². The Kier molecular flexibility index (Phi) is 6.16. The van der Waals surface area contributed by atoms with Crippen LogP contribution in [-0.4, -0.2) is 35.5 Å². The maximum absolute atomic E-state index is 14.3. The van der Waals surface area contributed by atoms with Crippen LogP contribution in [0.1, 0.15) is 37.7 Å². The predicted octanol–water partition coefficient (Wildman–Crippen LogP) is 4.36. The van der Waals surface area contributed by atoms with Gasteiger partial charge in [-0.1, -0.05) is 12.1 Å². The number of hydrogen-bond donors (Lipinski definition) is 1. The second-order valence-corrected chi connectivity index (χ2v) is 9.23. The number of methoxy groups -OCH3 is 1. The number of carbonyl (C=O) groups is 4. The minimum atomic E-state index is -1.03. The minimum absolute atomic E-state index is 0.258. The normalized spacial score (nSPS) is 15.1. The number of hydrogen-bond acceptors (Lipinski definition) is 6. The summed E-state index contributed by atoms with van der Waals surface area (Å²) in [6, 6.07) is 6.04. The van der Waals surface area contributed by atoms with Crippen molar-refractivity contribution in [3.8, 4) is 5.00 Å². The molecule has 8 nitrogen and oxygen atoms in total. The number of esters is 1. The summed E-state index contributed by atoms with van der Waals surface area (Å²) in [5, 5.41) is 2.76. The van der Waals surface area contributed by atoms with E-state index in [-0.39, 0.29) is 11.3 Å². The molecule has 0 aliphatic carbocycles. The van der Waals surface area contributed by atoms with Gasteiger partial charge in [0, 0.05) is 16.3 Å². The summed E-state index contributed by atoms with van der Waals surface area (Å²) >= 11 is 1.43. The van der Waals surface area contributed by atoms with Gasteiger partial charge in [-0.15, -0.1) is 11.3 Å². The molecule has 1 aromatic carbocycles. The first-order chi connectivity index (χ1) is 16.6. The number of imide groups is 2. The fourth-order valence-corrected chi connectivity index (χ4v) is 5.28. The first kappa shape index (κ1) is 24.1. The van der Waals surface area contributed by atoms with Crippen molar-refractivity contribution in [2.24, 2.45) is 0 Å². The van der Waals surface area contributed by atoms with Crippen LogP contribution < -0.4 is 10.2 Å². The Balaban J connectivity index is 1.83. The van der Waals surface area contributed by atoms with E-state index in [1.54, 1.807) is 13.0 Å². The molecule has 3 aromatic rings. The molecule has 0 radical (unpaired) electrons. The van der Waals surface area contributed by atoms with Crippen LogP contribution in [0.5, 0.6) is 0 Å². The van der Waals surface area contributed by atoms with E-state index in [4.69, 9.17) is 4.74 Å². The summed E-state index contributed by atoms with van der Waals surface area (Å²) < 4.78 is 21.2. The molecule has 4 amide bonds. The van der Waals surface area contributed by atoms with Gasteiger partial charge in [-0.25, -0.2) is 18.9 Å². The number of anilines is 1. The van der Waals surface area contributed by atoms with Gasteiger partial charge in [0.2, 0.25) is 0 Å². The third-order valence-electron chi connectivity index (χ3n) is 5.92. The zero-order valence-electron chi connectivity index (χ0n) is 19.7. The van der Waals surface area contributed by atoms with Crippen molar-refractivity contribution < 1.29 is 28.3 Å². The molecule has 4 rings (SSSR count). The molecule has 0 saturated carbocycles. The Morgan fingerprint density at radius 2 is 1.80 bits per heavy atom. The number of thiophene rings is 1. The van der Waals surface area contributed by atoms with E-state index in [9.17, 15) is 23.6 Å². The van der Waals surface area contributed by atoms with Gasteiger partial charge in [-0.3, -0.25) is 14.9 Å². The molecule has 1 fully saturated rings. The lowest BCUT2D eigenvalue weighted by atomic mass is 10.1. The average molecular weight is 496 g/mol. The number of para-hydroxylation sites is 1. The number of barbiturate groups is 1. The van der Waals surface area contributed by atoms with Gasteiger partial charge in [0.25, 0.3) is 11.8 Å². The zero-order chi connectivity index (χ0) is 25.6. The summed E-state index contributed by atoms with van der Waals surface area (Å²) in [5.41, 5.74) is 2.63. The van der Waals surface area contributed by atoms with Crippen molar-refractivity contribution in [3.05, 3.63) is 74.7 Å². The molecule has 0 spiro atoms. The number of rotatable bonds is 4. The third kappa shape index (κ3) is 3.95. The number of benzene rings is 1. The SMILES string of the molecule is COC(=O)c1c(-n2c(C)cc(/C=C3\C(=O)NC(=O)N(c4ccccc4F)C3=O)c2C)sc(C)c1C. The lowest BCUT2D eigenvalue weighted by Gasteiger charge is -2.26. The van der Waals surface area contributed by atoms with Gasteiger partial charge >= 0.3 is 12.0 Å². The van der Waals surface area contributed by atoms with E-state index in [1.807, 2.05) is 25.3 Å². The number of nitrogens with zero attached hydrogens (tertiary/aromatic N) is 2. The molecular weight excluding hydrogens is 473 g/mol. The van der Waals surface area contributed by atoms with Crippen LogP contribution in [0.3, 0.4) is 0 Å². The van der Waals surface area contributed by atoms with Crippen LogP contribution in [0.25, 0.3) is 11.1 Å². The van der Waals surface area contributed by atoms with Crippen LogP contribution in [0.2, 0.25) is 0 Å². The number of aromatic nitrogens is 1. The van der Waals surface area contributed by atoms with E-state index in [2.05, 4.69) is 5.32 Å². The summed E-state index contributed by atoms with van der Waals surface area (Å²) in [4.78, 5) is 52.1. The molecule has 0 bridgehead atoms. The van der Waals surface area contributed by atoms with Crippen molar-refractivity contribution in [2.45, 2.75) is 27.7 Å². The van der Waals surface area contributed by atoms with Crippen molar-refractivity contribution in [2.75, 3.05) is 12.0 Å². The highest BCUT2D eigenvalue weighted by Crippen LogP contribution is 2.35. The molecule has 1 saturated heterocycles. The Labute approximate surface area is 204 Å². The fourth-order valence-electron chi connectivity index (χ4n) is 4.02. The fraction of sp³-hybridized carbons (Fsp3) is 0.200. The molecule has 1 aliphatic rings. The van der Waals surface area contributed by atoms with Crippen molar-refractivity contribution in [3.63, 3.8) is 0 Å². The van der Waals surface area contributed by atoms with E-state index < -0.39 is 29.6 Å². The molecule has 2 aromatic heterocycles. The van der Waals surface area contributed by atoms with Gasteiger partial charge in [0.05, 0.1) is 18.4 Å². The number of carbonyl (C=O) groups excluding carboxylic acids is 4. The van der Waals surface area contributed by atoms with Crippen molar-refractivity contribution in [1.82, 2.24) is 9.88 Å². The number of nitrogens with one attached hydrogen (secondary N) is 1. The molecule has 1 aliphatic heterocycles. The summed E-state index contributed by atoms with van der Waals surface area (Å²) in [6.07, 6.45) is 1.36. The summed E-state index contributed by atoms with van der Waals surface area (Å²) in [6.45, 7) is 7.37. The second kappa shape index (κ2) is 8.95. The molecule has 35 heavy (non-hydrogen) atoms. The Bertz CT molecular complexity index is 1450. The van der Waals surface area contributed by atoms with Crippen LogP contribution in [0, 0.1) is 33.5 Å². The number of amides is 4. The lowest BCUT2D eigenvalue weighted by molar-refractivity contribution is -0.122. The zero-order valence-corrected chi connectivity index (χ0v) is 20.5. The minimum Gasteiger partial charge on any atom is -0.465 e. The monoisotopic (exact) mass is 495 g/mol. The summed E-state index contributed by atoms with van der Waals surface area (Å²) in [7, 11) is 1.32. The molecule has 1 N–H and O–H groups in total. The van der Waals surface area contributed by atoms with Crippen LogP contribution in [0.4, 0.5) is 14.9 Å². The third-order valence-corrected chi connectivity index (χ3v) is 7.12. The number of aryl methyl sites for hydroxylation is 2. The molecule has 3 heterocycles. The largest absolute Gasteiger partial charge is 0.465 e. The summed E-state index contributed by atoms with van der Waals surface area (Å²) in [5.74, 6) is -3.06. The van der Waals surface area contributed by atoms with Gasteiger partial charge in [-0.2, -0.15) is 0 Å². The second-order valence-electron chi connectivity index (χ2n) is 8.03. The molecule has 0 unspecified atom stereocenters. The maximum atomic E-state index is 14.3. The Morgan fingerprint density at radius 1 is 1.11 bits per heavy atom. The van der Waals surface area contributed by atoms with E-state index in [0.29, 0.717) is 26.7 Å². The number of urea groups is 1. The van der Waals surface area contributed by atoms with Gasteiger partial charge in [-0.05, 0) is 63.1 Å². The first-order valence-electron chi connectivity index (χ1n) is 10.6. The van der Waals surface area contributed by atoms with Gasteiger partial charge in [0.1, 0.15) is 16.4 Å². The number of halogens is 1. The standard InChI is InChI=1S/C25H22FN3O5S/c1-12-10-16(14(3)28(12)23-20(24(32)34-5)13(2)15(4)35-23)11-17-21(30)27-25(33)29(22(17)31)19-9-7-6-8-18(19)26/h6-11H,1-5H3,(H,27,30,33)/b17-11+.